The van der Waals surface area contributed by atoms with Gasteiger partial charge in [0.05, 0.1) is 13.2 Å². The third kappa shape index (κ3) is 1.83. The van der Waals surface area contributed by atoms with Gasteiger partial charge in [-0.1, -0.05) is 13.8 Å². The normalized spacial score (nSPS) is 28.5. The molecule has 3 heteroatoms. The first-order chi connectivity index (χ1) is 7.13. The van der Waals surface area contributed by atoms with Crippen LogP contribution in [0.25, 0.3) is 0 Å². The second-order valence-corrected chi connectivity index (χ2v) is 5.14. The summed E-state index contributed by atoms with van der Waals surface area (Å²) < 4.78 is 11.4. The highest BCUT2D eigenvalue weighted by Gasteiger charge is 2.46. The Kier molecular flexibility index (Phi) is 2.86. The fraction of sp³-hybridized carbons (Fsp3) is 0.917. The van der Waals surface area contributed by atoms with E-state index in [-0.39, 0.29) is 11.2 Å². The summed E-state index contributed by atoms with van der Waals surface area (Å²) in [6.45, 7) is 5.89. The van der Waals surface area contributed by atoms with Gasteiger partial charge in [-0.2, -0.15) is 0 Å². The first-order valence-corrected chi connectivity index (χ1v) is 5.92. The Balaban J connectivity index is 2.04. The van der Waals surface area contributed by atoms with Crippen molar-refractivity contribution in [2.75, 3.05) is 13.2 Å². The molecule has 1 N–H and O–H groups in total. The van der Waals surface area contributed by atoms with Crippen LogP contribution in [-0.2, 0) is 9.47 Å². The molecule has 1 saturated heterocycles. The summed E-state index contributed by atoms with van der Waals surface area (Å²) in [5.74, 6) is 0.246. The molecule has 2 fully saturated rings. The van der Waals surface area contributed by atoms with Crippen molar-refractivity contribution < 1.29 is 9.47 Å². The van der Waals surface area contributed by atoms with Crippen LogP contribution in [0, 0.1) is 16.7 Å². The average molecular weight is 211 g/mol. The van der Waals surface area contributed by atoms with Crippen molar-refractivity contribution in [2.24, 2.45) is 11.3 Å². The molecule has 0 radical (unpaired) electrons. The summed E-state index contributed by atoms with van der Waals surface area (Å²) in [4.78, 5) is 0. The molecule has 1 aliphatic carbocycles. The van der Waals surface area contributed by atoms with E-state index in [1.165, 1.54) is 0 Å². The van der Waals surface area contributed by atoms with E-state index in [9.17, 15) is 0 Å². The molecule has 0 bridgehead atoms. The Labute approximate surface area is 91.7 Å². The molecule has 0 amide bonds. The summed E-state index contributed by atoms with van der Waals surface area (Å²) in [7, 11) is 0. The molecule has 2 rings (SSSR count). The van der Waals surface area contributed by atoms with E-state index in [1.807, 2.05) is 0 Å². The van der Waals surface area contributed by atoms with E-state index in [2.05, 4.69) is 13.8 Å². The van der Waals surface area contributed by atoms with Gasteiger partial charge in [0.1, 0.15) is 0 Å². The first-order valence-electron chi connectivity index (χ1n) is 5.92. The lowest BCUT2D eigenvalue weighted by molar-refractivity contribution is -0.188. The summed E-state index contributed by atoms with van der Waals surface area (Å²) >= 11 is 0. The Morgan fingerprint density at radius 1 is 1.07 bits per heavy atom. The quantitative estimate of drug-likeness (QED) is 0.713. The van der Waals surface area contributed by atoms with Gasteiger partial charge in [0.25, 0.3) is 0 Å². The third-order valence-corrected chi connectivity index (χ3v) is 4.19. The van der Waals surface area contributed by atoms with Gasteiger partial charge in [0, 0.05) is 24.5 Å². The van der Waals surface area contributed by atoms with Crippen molar-refractivity contribution in [3.8, 4) is 0 Å². The molecule has 0 aromatic carbocycles. The monoisotopic (exact) mass is 211 g/mol. The number of ether oxygens (including phenoxy) is 2. The van der Waals surface area contributed by atoms with Crippen LogP contribution in [0.15, 0.2) is 0 Å². The molecule has 0 aromatic rings. The largest absolute Gasteiger partial charge is 0.348 e. The summed E-state index contributed by atoms with van der Waals surface area (Å²) in [5, 5.41) is 7.63. The predicted octanol–water partition coefficient (Wildman–Crippen LogP) is 2.60. The van der Waals surface area contributed by atoms with Crippen LogP contribution in [0.1, 0.15) is 39.5 Å². The molecule has 2 aliphatic rings. The maximum atomic E-state index is 7.63. The lowest BCUT2D eigenvalue weighted by Gasteiger charge is -2.43. The molecule has 0 unspecified atom stereocenters. The topological polar surface area (TPSA) is 42.3 Å². The molecule has 15 heavy (non-hydrogen) atoms. The minimum absolute atomic E-state index is 0.0839. The molecule has 1 saturated carbocycles. The van der Waals surface area contributed by atoms with Crippen molar-refractivity contribution in [2.45, 2.75) is 45.3 Å². The lowest BCUT2D eigenvalue weighted by Crippen LogP contribution is -2.42. The van der Waals surface area contributed by atoms with Crippen LogP contribution >= 0.6 is 0 Å². The maximum absolute atomic E-state index is 7.63. The van der Waals surface area contributed by atoms with Crippen molar-refractivity contribution in [1.29, 1.82) is 5.41 Å². The lowest BCUT2D eigenvalue weighted by atomic mass is 9.66. The van der Waals surface area contributed by atoms with Gasteiger partial charge in [0.2, 0.25) is 0 Å². The van der Waals surface area contributed by atoms with E-state index in [1.54, 1.807) is 6.21 Å². The predicted molar refractivity (Wildman–Crippen MR) is 59.2 cm³/mol. The molecule has 1 aliphatic heterocycles. The SMILES string of the molecule is CC(C)C1(C=N)CCC2(CC1)OCCO2. The van der Waals surface area contributed by atoms with Crippen molar-refractivity contribution in [3.63, 3.8) is 0 Å². The van der Waals surface area contributed by atoms with Gasteiger partial charge in [-0.05, 0) is 18.8 Å². The second kappa shape index (κ2) is 3.87. The fourth-order valence-electron chi connectivity index (χ4n) is 2.77. The maximum Gasteiger partial charge on any atom is 0.168 e. The van der Waals surface area contributed by atoms with Gasteiger partial charge >= 0.3 is 0 Å². The Bertz CT molecular complexity index is 234. The molecular weight excluding hydrogens is 190 g/mol. The van der Waals surface area contributed by atoms with Crippen molar-refractivity contribution in [1.82, 2.24) is 0 Å². The Hall–Kier alpha value is -0.410. The van der Waals surface area contributed by atoms with E-state index in [4.69, 9.17) is 14.9 Å². The third-order valence-electron chi connectivity index (χ3n) is 4.19. The molecule has 1 heterocycles. The van der Waals surface area contributed by atoms with Gasteiger partial charge < -0.3 is 14.9 Å². The Morgan fingerprint density at radius 2 is 1.60 bits per heavy atom. The molecule has 86 valence electrons. The van der Waals surface area contributed by atoms with Gasteiger partial charge in [-0.15, -0.1) is 0 Å². The number of hydrogen-bond acceptors (Lipinski definition) is 3. The van der Waals surface area contributed by atoms with Gasteiger partial charge in [0.15, 0.2) is 5.79 Å². The second-order valence-electron chi connectivity index (χ2n) is 5.14. The van der Waals surface area contributed by atoms with Crippen molar-refractivity contribution >= 4 is 6.21 Å². The zero-order chi connectivity index (χ0) is 10.9. The van der Waals surface area contributed by atoms with E-state index in [0.29, 0.717) is 5.92 Å². The molecular formula is C12H21NO2. The average Bonchev–Trinajstić information content (AvgIpc) is 2.68. The van der Waals surface area contributed by atoms with Gasteiger partial charge in [-0.25, -0.2) is 0 Å². The van der Waals surface area contributed by atoms with Crippen molar-refractivity contribution in [3.05, 3.63) is 0 Å². The highest BCUT2D eigenvalue weighted by Crippen LogP contribution is 2.47. The highest BCUT2D eigenvalue weighted by molar-refractivity contribution is 5.63. The number of nitrogens with one attached hydrogen (secondary N) is 1. The highest BCUT2D eigenvalue weighted by atomic mass is 16.7. The smallest absolute Gasteiger partial charge is 0.168 e. The van der Waals surface area contributed by atoms with E-state index in [0.717, 1.165) is 38.9 Å². The van der Waals surface area contributed by atoms with E-state index >= 15 is 0 Å². The van der Waals surface area contributed by atoms with Crippen LogP contribution in [0.4, 0.5) is 0 Å². The van der Waals surface area contributed by atoms with Crippen LogP contribution in [0.2, 0.25) is 0 Å². The number of rotatable bonds is 2. The van der Waals surface area contributed by atoms with Crippen LogP contribution < -0.4 is 0 Å². The van der Waals surface area contributed by atoms with Gasteiger partial charge in [-0.3, -0.25) is 0 Å². The van der Waals surface area contributed by atoms with Crippen LogP contribution in [-0.4, -0.2) is 25.2 Å². The molecule has 0 atom stereocenters. The molecule has 0 aromatic heterocycles. The summed E-state index contributed by atoms with van der Waals surface area (Å²) in [5.41, 5.74) is 0.0839. The van der Waals surface area contributed by atoms with Crippen LogP contribution in [0.3, 0.4) is 0 Å². The molecule has 1 spiro atoms. The first kappa shape index (κ1) is 11.1. The number of hydrogen-bond donors (Lipinski definition) is 1. The zero-order valence-corrected chi connectivity index (χ0v) is 9.71. The Morgan fingerprint density at radius 3 is 2.00 bits per heavy atom. The summed E-state index contributed by atoms with van der Waals surface area (Å²) in [6.07, 6.45) is 5.59. The molecule has 3 nitrogen and oxygen atoms in total. The van der Waals surface area contributed by atoms with E-state index < -0.39 is 0 Å². The summed E-state index contributed by atoms with van der Waals surface area (Å²) in [6, 6.07) is 0. The minimum atomic E-state index is -0.290. The standard InChI is InChI=1S/C12H21NO2/c1-10(2)11(9-13)3-5-12(6-4-11)14-7-8-15-12/h9-10,13H,3-8H2,1-2H3. The van der Waals surface area contributed by atoms with Crippen LogP contribution in [0.5, 0.6) is 0 Å². The fourth-order valence-corrected chi connectivity index (χ4v) is 2.77. The zero-order valence-electron chi connectivity index (χ0n) is 9.71. The minimum Gasteiger partial charge on any atom is -0.348 e.